The standard InChI is InChI=1S/C16H24N2O3/c1-4-12-8-6-7-9-18(12)15-11-13(21-5-2)10-14(17-15)16(19)20-3/h10-12H,4-9H2,1-3H3. The molecule has 2 heterocycles. The molecule has 5 nitrogen and oxygen atoms in total. The Bertz CT molecular complexity index is 490. The minimum absolute atomic E-state index is 0.305. The Hall–Kier alpha value is -1.78. The van der Waals surface area contributed by atoms with Crippen molar-refractivity contribution in [3.05, 3.63) is 17.8 Å². The summed E-state index contributed by atoms with van der Waals surface area (Å²) in [4.78, 5) is 18.6. The Labute approximate surface area is 126 Å². The lowest BCUT2D eigenvalue weighted by molar-refractivity contribution is 0.0593. The molecule has 1 aromatic rings. The van der Waals surface area contributed by atoms with E-state index in [1.165, 1.54) is 20.0 Å². The third kappa shape index (κ3) is 3.65. The Morgan fingerprint density at radius 1 is 1.38 bits per heavy atom. The van der Waals surface area contributed by atoms with E-state index in [0.29, 0.717) is 24.1 Å². The molecule has 0 aliphatic carbocycles. The molecule has 1 unspecified atom stereocenters. The summed E-state index contributed by atoms with van der Waals surface area (Å²) in [6.07, 6.45) is 4.66. The molecule has 1 saturated heterocycles. The molecule has 1 aromatic heterocycles. The molecule has 0 saturated carbocycles. The molecule has 0 spiro atoms. The van der Waals surface area contributed by atoms with Gasteiger partial charge in [0.05, 0.1) is 13.7 Å². The second-order valence-electron chi connectivity index (χ2n) is 5.22. The maximum absolute atomic E-state index is 11.8. The van der Waals surface area contributed by atoms with Crippen molar-refractivity contribution < 1.29 is 14.3 Å². The van der Waals surface area contributed by atoms with E-state index in [0.717, 1.165) is 25.2 Å². The zero-order valence-corrected chi connectivity index (χ0v) is 13.1. The fraction of sp³-hybridized carbons (Fsp3) is 0.625. The van der Waals surface area contributed by atoms with Gasteiger partial charge in [-0.1, -0.05) is 6.92 Å². The van der Waals surface area contributed by atoms with E-state index in [9.17, 15) is 4.79 Å². The predicted molar refractivity (Wildman–Crippen MR) is 82.0 cm³/mol. The van der Waals surface area contributed by atoms with Gasteiger partial charge in [-0.05, 0) is 32.6 Å². The zero-order valence-electron chi connectivity index (χ0n) is 13.1. The Balaban J connectivity index is 2.36. The highest BCUT2D eigenvalue weighted by Crippen LogP contribution is 2.28. The molecule has 21 heavy (non-hydrogen) atoms. The number of carbonyl (C=O) groups excluding carboxylic acids is 1. The first kappa shape index (κ1) is 15.6. The van der Waals surface area contributed by atoms with Crippen LogP contribution in [0.5, 0.6) is 5.75 Å². The van der Waals surface area contributed by atoms with Gasteiger partial charge < -0.3 is 14.4 Å². The lowest BCUT2D eigenvalue weighted by Gasteiger charge is -2.36. The van der Waals surface area contributed by atoms with Gasteiger partial charge in [0.25, 0.3) is 0 Å². The maximum atomic E-state index is 11.8. The van der Waals surface area contributed by atoms with Crippen molar-refractivity contribution in [1.82, 2.24) is 4.98 Å². The number of rotatable bonds is 5. The quantitative estimate of drug-likeness (QED) is 0.781. The first-order chi connectivity index (χ1) is 10.2. The van der Waals surface area contributed by atoms with Gasteiger partial charge in [-0.15, -0.1) is 0 Å². The number of hydrogen-bond donors (Lipinski definition) is 0. The van der Waals surface area contributed by atoms with Crippen LogP contribution >= 0.6 is 0 Å². The minimum atomic E-state index is -0.428. The van der Waals surface area contributed by atoms with Gasteiger partial charge >= 0.3 is 5.97 Å². The average Bonchev–Trinajstić information content (AvgIpc) is 2.54. The number of methoxy groups -OCH3 is 1. The number of ether oxygens (including phenoxy) is 2. The predicted octanol–water partition coefficient (Wildman–Crippen LogP) is 3.04. The van der Waals surface area contributed by atoms with Crippen molar-refractivity contribution >= 4 is 11.8 Å². The van der Waals surface area contributed by atoms with Crippen molar-refractivity contribution in [1.29, 1.82) is 0 Å². The molecule has 1 aliphatic heterocycles. The van der Waals surface area contributed by atoms with Crippen molar-refractivity contribution in [3.8, 4) is 5.75 Å². The molecule has 0 aromatic carbocycles. The van der Waals surface area contributed by atoms with E-state index in [-0.39, 0.29) is 0 Å². The summed E-state index contributed by atoms with van der Waals surface area (Å²) in [5.41, 5.74) is 0.305. The molecular formula is C16H24N2O3. The first-order valence-electron chi connectivity index (χ1n) is 7.69. The lowest BCUT2D eigenvalue weighted by Crippen LogP contribution is -2.39. The van der Waals surface area contributed by atoms with Crippen LogP contribution in [0.4, 0.5) is 5.82 Å². The summed E-state index contributed by atoms with van der Waals surface area (Å²) < 4.78 is 10.4. The van der Waals surface area contributed by atoms with Crippen molar-refractivity contribution in [2.45, 2.75) is 45.6 Å². The number of hydrogen-bond acceptors (Lipinski definition) is 5. The number of pyridine rings is 1. The monoisotopic (exact) mass is 292 g/mol. The normalized spacial score (nSPS) is 18.4. The van der Waals surface area contributed by atoms with Gasteiger partial charge in [-0.3, -0.25) is 0 Å². The molecule has 1 fully saturated rings. The summed E-state index contributed by atoms with van der Waals surface area (Å²) in [5, 5.41) is 0. The molecule has 1 aliphatic rings. The third-order valence-corrected chi connectivity index (χ3v) is 3.88. The largest absolute Gasteiger partial charge is 0.494 e. The number of carbonyl (C=O) groups is 1. The van der Waals surface area contributed by atoms with E-state index in [4.69, 9.17) is 9.47 Å². The summed E-state index contributed by atoms with van der Waals surface area (Å²) in [5.74, 6) is 1.05. The van der Waals surface area contributed by atoms with Crippen LogP contribution in [0, 0.1) is 0 Å². The summed E-state index contributed by atoms with van der Waals surface area (Å²) in [7, 11) is 1.37. The van der Waals surface area contributed by atoms with Gasteiger partial charge in [0.15, 0.2) is 5.69 Å². The van der Waals surface area contributed by atoms with Gasteiger partial charge in [0, 0.05) is 24.7 Å². The molecule has 5 heteroatoms. The van der Waals surface area contributed by atoms with E-state index < -0.39 is 5.97 Å². The second-order valence-corrected chi connectivity index (χ2v) is 5.22. The molecule has 1 atom stereocenters. The van der Waals surface area contributed by atoms with E-state index in [1.54, 1.807) is 6.07 Å². The van der Waals surface area contributed by atoms with E-state index in [2.05, 4.69) is 16.8 Å². The van der Waals surface area contributed by atoms with E-state index in [1.807, 2.05) is 13.0 Å². The van der Waals surface area contributed by atoms with Gasteiger partial charge in [0.1, 0.15) is 11.6 Å². The summed E-state index contributed by atoms with van der Waals surface area (Å²) in [6, 6.07) is 4.04. The SMILES string of the molecule is CCOc1cc(C(=O)OC)nc(N2CCCCC2CC)c1. The van der Waals surface area contributed by atoms with Crippen LogP contribution in [0.15, 0.2) is 12.1 Å². The smallest absolute Gasteiger partial charge is 0.356 e. The number of nitrogens with zero attached hydrogens (tertiary/aromatic N) is 2. The third-order valence-electron chi connectivity index (χ3n) is 3.88. The lowest BCUT2D eigenvalue weighted by atomic mass is 10.00. The first-order valence-corrected chi connectivity index (χ1v) is 7.69. The van der Waals surface area contributed by atoms with E-state index >= 15 is 0 Å². The number of anilines is 1. The molecule has 0 radical (unpaired) electrons. The number of piperidine rings is 1. The van der Waals surface area contributed by atoms with Crippen LogP contribution in [-0.2, 0) is 4.74 Å². The Morgan fingerprint density at radius 2 is 2.19 bits per heavy atom. The van der Waals surface area contributed by atoms with Crippen LogP contribution in [0.1, 0.15) is 50.0 Å². The maximum Gasteiger partial charge on any atom is 0.356 e. The van der Waals surface area contributed by atoms with Crippen LogP contribution < -0.4 is 9.64 Å². The second kappa shape index (κ2) is 7.29. The van der Waals surface area contributed by atoms with Crippen LogP contribution in [0.25, 0.3) is 0 Å². The van der Waals surface area contributed by atoms with Gasteiger partial charge in [-0.2, -0.15) is 0 Å². The van der Waals surface area contributed by atoms with Crippen LogP contribution in [-0.4, -0.2) is 37.3 Å². The number of aromatic nitrogens is 1. The molecule has 0 N–H and O–H groups in total. The van der Waals surface area contributed by atoms with Crippen LogP contribution in [0.2, 0.25) is 0 Å². The van der Waals surface area contributed by atoms with Crippen LogP contribution in [0.3, 0.4) is 0 Å². The summed E-state index contributed by atoms with van der Waals surface area (Å²) in [6.45, 7) is 5.65. The highest BCUT2D eigenvalue weighted by Gasteiger charge is 2.24. The van der Waals surface area contributed by atoms with Gasteiger partial charge in [0.2, 0.25) is 0 Å². The molecule has 2 rings (SSSR count). The Morgan fingerprint density at radius 3 is 2.86 bits per heavy atom. The molecular weight excluding hydrogens is 268 g/mol. The highest BCUT2D eigenvalue weighted by atomic mass is 16.5. The topological polar surface area (TPSA) is 51.7 Å². The molecule has 116 valence electrons. The highest BCUT2D eigenvalue weighted by molar-refractivity contribution is 5.88. The number of esters is 1. The molecule has 0 bridgehead atoms. The molecule has 0 amide bonds. The van der Waals surface area contributed by atoms with Gasteiger partial charge in [-0.25, -0.2) is 9.78 Å². The minimum Gasteiger partial charge on any atom is -0.494 e. The zero-order chi connectivity index (χ0) is 15.2. The Kier molecular flexibility index (Phi) is 5.42. The van der Waals surface area contributed by atoms with Crippen molar-refractivity contribution in [3.63, 3.8) is 0 Å². The average molecular weight is 292 g/mol. The fourth-order valence-corrected chi connectivity index (χ4v) is 2.82. The fourth-order valence-electron chi connectivity index (χ4n) is 2.82. The summed E-state index contributed by atoms with van der Waals surface area (Å²) >= 11 is 0. The van der Waals surface area contributed by atoms with Crippen molar-refractivity contribution in [2.24, 2.45) is 0 Å². The van der Waals surface area contributed by atoms with Crippen molar-refractivity contribution in [2.75, 3.05) is 25.2 Å².